The fourth-order valence-corrected chi connectivity index (χ4v) is 2.20. The Morgan fingerprint density at radius 1 is 1.25 bits per heavy atom. The maximum Gasteiger partial charge on any atom is 0.260 e. The Hall–Kier alpha value is -2.08. The predicted molar refractivity (Wildman–Crippen MR) is 78.2 cm³/mol. The van der Waals surface area contributed by atoms with Crippen LogP contribution < -0.4 is 5.32 Å². The second kappa shape index (κ2) is 5.50. The molecule has 0 spiro atoms. The summed E-state index contributed by atoms with van der Waals surface area (Å²) in [6.45, 7) is 2.36. The van der Waals surface area contributed by atoms with Crippen molar-refractivity contribution >= 4 is 21.6 Å². The van der Waals surface area contributed by atoms with Gasteiger partial charge in [0.1, 0.15) is 5.76 Å². The Kier molecular flexibility index (Phi) is 3.56. The maximum absolute atomic E-state index is 5.37. The van der Waals surface area contributed by atoms with Crippen molar-refractivity contribution in [2.24, 2.45) is 0 Å². The van der Waals surface area contributed by atoms with Crippen molar-refractivity contribution < 1.29 is 8.94 Å². The zero-order valence-electron chi connectivity index (χ0n) is 10.8. The van der Waals surface area contributed by atoms with Crippen molar-refractivity contribution in [3.05, 3.63) is 52.7 Å². The molecule has 0 amide bonds. The fraction of sp³-hybridized carbons (Fsp3) is 0.143. The molecule has 20 heavy (non-hydrogen) atoms. The van der Waals surface area contributed by atoms with Gasteiger partial charge in [-0.3, -0.25) is 0 Å². The van der Waals surface area contributed by atoms with Crippen LogP contribution in [0.2, 0.25) is 0 Å². The van der Waals surface area contributed by atoms with Crippen LogP contribution in [-0.2, 0) is 6.54 Å². The van der Waals surface area contributed by atoms with Crippen LogP contribution in [0.5, 0.6) is 0 Å². The zero-order chi connectivity index (χ0) is 13.9. The molecule has 0 fully saturated rings. The van der Waals surface area contributed by atoms with E-state index in [1.807, 2.05) is 30.3 Å². The summed E-state index contributed by atoms with van der Waals surface area (Å²) < 4.78 is 11.5. The lowest BCUT2D eigenvalue weighted by Crippen LogP contribution is -2.00. The van der Waals surface area contributed by atoms with Crippen molar-refractivity contribution in [1.29, 1.82) is 0 Å². The number of nitrogens with one attached hydrogen (secondary N) is 1. The van der Waals surface area contributed by atoms with Gasteiger partial charge in [-0.2, -0.15) is 4.98 Å². The van der Waals surface area contributed by atoms with Crippen molar-refractivity contribution in [2.75, 3.05) is 5.32 Å². The first-order chi connectivity index (χ1) is 9.74. The third-order valence-corrected chi connectivity index (χ3v) is 3.52. The monoisotopic (exact) mass is 333 g/mol. The number of aromatic nitrogens is 2. The van der Waals surface area contributed by atoms with Crippen LogP contribution in [0.3, 0.4) is 0 Å². The van der Waals surface area contributed by atoms with Gasteiger partial charge in [0.25, 0.3) is 5.89 Å². The van der Waals surface area contributed by atoms with Gasteiger partial charge in [-0.1, -0.05) is 17.3 Å². The lowest BCUT2D eigenvalue weighted by molar-refractivity contribution is 0.425. The molecular weight excluding hydrogens is 322 g/mol. The van der Waals surface area contributed by atoms with E-state index in [9.17, 15) is 0 Å². The van der Waals surface area contributed by atoms with E-state index in [4.69, 9.17) is 8.94 Å². The molecule has 102 valence electrons. The topological polar surface area (TPSA) is 64.1 Å². The molecule has 2 heterocycles. The van der Waals surface area contributed by atoms with E-state index >= 15 is 0 Å². The highest BCUT2D eigenvalue weighted by atomic mass is 79.9. The van der Waals surface area contributed by atoms with Crippen LogP contribution in [0.25, 0.3) is 11.5 Å². The van der Waals surface area contributed by atoms with Gasteiger partial charge in [0.05, 0.1) is 22.8 Å². The number of furan rings is 1. The van der Waals surface area contributed by atoms with Gasteiger partial charge in [-0.15, -0.1) is 0 Å². The van der Waals surface area contributed by atoms with Gasteiger partial charge in [0.15, 0.2) is 5.82 Å². The molecule has 6 heteroatoms. The lowest BCUT2D eigenvalue weighted by atomic mass is 10.1. The molecule has 0 atom stereocenters. The van der Waals surface area contributed by atoms with Crippen molar-refractivity contribution in [1.82, 2.24) is 10.1 Å². The second-order valence-electron chi connectivity index (χ2n) is 4.24. The van der Waals surface area contributed by atoms with Crippen LogP contribution in [0.1, 0.15) is 11.6 Å². The smallest absolute Gasteiger partial charge is 0.260 e. The van der Waals surface area contributed by atoms with Crippen molar-refractivity contribution in [2.45, 2.75) is 13.5 Å². The minimum atomic E-state index is 0.504. The number of hydrogen-bond donors (Lipinski definition) is 1. The summed E-state index contributed by atoms with van der Waals surface area (Å²) >= 11 is 3.43. The second-order valence-corrected chi connectivity index (χ2v) is 5.09. The first-order valence-electron chi connectivity index (χ1n) is 6.09. The molecule has 3 aromatic rings. The first-order valence-corrected chi connectivity index (χ1v) is 6.89. The molecule has 0 saturated carbocycles. The molecule has 5 nitrogen and oxygen atoms in total. The third-order valence-electron chi connectivity index (χ3n) is 2.82. The van der Waals surface area contributed by atoms with E-state index in [0.717, 1.165) is 21.5 Å². The fourth-order valence-electron chi connectivity index (χ4n) is 1.86. The summed E-state index contributed by atoms with van der Waals surface area (Å²) in [5, 5.41) is 7.13. The number of rotatable bonds is 4. The highest BCUT2D eigenvalue weighted by Gasteiger charge is 2.11. The van der Waals surface area contributed by atoms with E-state index in [1.54, 1.807) is 13.2 Å². The highest BCUT2D eigenvalue weighted by Crippen LogP contribution is 2.27. The maximum atomic E-state index is 5.37. The van der Waals surface area contributed by atoms with Gasteiger partial charge in [-0.05, 0) is 41.1 Å². The van der Waals surface area contributed by atoms with E-state index in [-0.39, 0.29) is 0 Å². The number of anilines is 1. The molecule has 2 aromatic heterocycles. The normalized spacial score (nSPS) is 10.7. The Balaban J connectivity index is 1.85. The SMILES string of the molecule is Cc1noc(-c2ccccc2NCc2occc2Br)n1. The summed E-state index contributed by atoms with van der Waals surface area (Å²) in [6.07, 6.45) is 1.65. The Labute approximate surface area is 124 Å². The third kappa shape index (κ3) is 2.60. The molecule has 0 unspecified atom stereocenters. The zero-order valence-corrected chi connectivity index (χ0v) is 12.3. The summed E-state index contributed by atoms with van der Waals surface area (Å²) in [5.41, 5.74) is 1.79. The van der Waals surface area contributed by atoms with Crippen LogP contribution in [0.4, 0.5) is 5.69 Å². The average molecular weight is 334 g/mol. The average Bonchev–Trinajstić information content (AvgIpc) is 3.06. The number of hydrogen-bond acceptors (Lipinski definition) is 5. The minimum Gasteiger partial charge on any atom is -0.466 e. The number of halogens is 1. The summed E-state index contributed by atoms with van der Waals surface area (Å²) in [7, 11) is 0. The van der Waals surface area contributed by atoms with Gasteiger partial charge >= 0.3 is 0 Å². The molecule has 0 aliphatic rings. The summed E-state index contributed by atoms with van der Waals surface area (Å²) in [6, 6.07) is 9.65. The molecule has 0 bridgehead atoms. The van der Waals surface area contributed by atoms with Gasteiger partial charge in [0.2, 0.25) is 0 Å². The van der Waals surface area contributed by atoms with Crippen LogP contribution >= 0.6 is 15.9 Å². The Morgan fingerprint density at radius 2 is 2.10 bits per heavy atom. The van der Waals surface area contributed by atoms with Gasteiger partial charge < -0.3 is 14.3 Å². The molecular formula is C14H12BrN3O2. The van der Waals surface area contributed by atoms with Crippen LogP contribution in [-0.4, -0.2) is 10.1 Å². The predicted octanol–water partition coefficient (Wildman–Crippen LogP) is 4.01. The number of aryl methyl sites for hydroxylation is 1. The van der Waals surface area contributed by atoms with Crippen molar-refractivity contribution in [3.8, 4) is 11.5 Å². The molecule has 1 N–H and O–H groups in total. The standard InChI is InChI=1S/C14H12BrN3O2/c1-9-17-14(20-18-9)10-4-2-3-5-12(10)16-8-13-11(15)6-7-19-13/h2-7,16H,8H2,1H3. The van der Waals surface area contributed by atoms with Gasteiger partial charge in [0, 0.05) is 5.69 Å². The molecule has 1 aromatic carbocycles. The molecule has 0 radical (unpaired) electrons. The number of nitrogens with zero attached hydrogens (tertiary/aromatic N) is 2. The number of para-hydroxylation sites is 1. The Morgan fingerprint density at radius 3 is 2.80 bits per heavy atom. The Bertz CT molecular complexity index is 721. The molecule has 0 saturated heterocycles. The summed E-state index contributed by atoms with van der Waals surface area (Å²) in [4.78, 5) is 4.25. The van der Waals surface area contributed by atoms with E-state index < -0.39 is 0 Å². The minimum absolute atomic E-state index is 0.504. The summed E-state index contributed by atoms with van der Waals surface area (Å²) in [5.74, 6) is 1.95. The number of benzene rings is 1. The quantitative estimate of drug-likeness (QED) is 0.781. The molecule has 0 aliphatic heterocycles. The first kappa shape index (κ1) is 12.9. The highest BCUT2D eigenvalue weighted by molar-refractivity contribution is 9.10. The largest absolute Gasteiger partial charge is 0.466 e. The molecule has 0 aliphatic carbocycles. The van der Waals surface area contributed by atoms with E-state index in [0.29, 0.717) is 18.3 Å². The van der Waals surface area contributed by atoms with E-state index in [2.05, 4.69) is 31.4 Å². The molecule has 3 rings (SSSR count). The van der Waals surface area contributed by atoms with E-state index in [1.165, 1.54) is 0 Å². The van der Waals surface area contributed by atoms with Crippen molar-refractivity contribution in [3.63, 3.8) is 0 Å². The van der Waals surface area contributed by atoms with Crippen LogP contribution in [0, 0.1) is 6.92 Å². The van der Waals surface area contributed by atoms with Gasteiger partial charge in [-0.25, -0.2) is 0 Å². The van der Waals surface area contributed by atoms with Crippen LogP contribution in [0.15, 0.2) is 50.0 Å². The lowest BCUT2D eigenvalue weighted by Gasteiger charge is -2.08.